The Morgan fingerprint density at radius 1 is 1.00 bits per heavy atom. The summed E-state index contributed by atoms with van der Waals surface area (Å²) < 4.78 is 5.80. The highest BCUT2D eigenvalue weighted by atomic mass is 32.1. The smallest absolute Gasteiger partial charge is 0.302 e. The van der Waals surface area contributed by atoms with Gasteiger partial charge in [-0.3, -0.25) is 14.9 Å². The molecule has 0 saturated carbocycles. The zero-order chi connectivity index (χ0) is 22.4. The SMILES string of the molecule is Nc1c(-c2cccc3[nH]ncc23)cc(-c2nccs2)c2nc(Oc3ccccc3)[nH]c(=O)c12. The van der Waals surface area contributed by atoms with E-state index in [9.17, 15) is 4.79 Å². The Kier molecular flexibility index (Phi) is 4.41. The van der Waals surface area contributed by atoms with Crippen LogP contribution < -0.4 is 16.0 Å². The third-order valence-electron chi connectivity index (χ3n) is 5.40. The van der Waals surface area contributed by atoms with Crippen LogP contribution in [0, 0.1) is 0 Å². The Hall–Kier alpha value is -4.50. The number of nitrogens with one attached hydrogen (secondary N) is 2. The van der Waals surface area contributed by atoms with Crippen molar-refractivity contribution in [1.82, 2.24) is 25.1 Å². The summed E-state index contributed by atoms with van der Waals surface area (Å²) in [7, 11) is 0. The highest BCUT2D eigenvalue weighted by Gasteiger charge is 2.20. The monoisotopic (exact) mass is 452 g/mol. The van der Waals surface area contributed by atoms with Gasteiger partial charge in [-0.15, -0.1) is 11.3 Å². The van der Waals surface area contributed by atoms with Crippen LogP contribution in [0.15, 0.2) is 77.2 Å². The molecule has 3 heterocycles. The second-order valence-corrected chi connectivity index (χ2v) is 8.26. The summed E-state index contributed by atoms with van der Waals surface area (Å²) in [5.74, 6) is 0.562. The van der Waals surface area contributed by atoms with Crippen molar-refractivity contribution in [3.8, 4) is 33.5 Å². The number of fused-ring (bicyclic) bond motifs is 2. The number of aromatic amines is 2. The molecule has 0 aliphatic rings. The highest BCUT2D eigenvalue weighted by Crippen LogP contribution is 2.40. The molecular weight excluding hydrogens is 436 g/mol. The van der Waals surface area contributed by atoms with Crippen molar-refractivity contribution in [2.45, 2.75) is 0 Å². The zero-order valence-corrected chi connectivity index (χ0v) is 17.9. The fourth-order valence-electron chi connectivity index (χ4n) is 3.92. The number of benzene rings is 3. The van der Waals surface area contributed by atoms with Crippen LogP contribution in [0.1, 0.15) is 0 Å². The third kappa shape index (κ3) is 3.22. The number of hydrogen-bond donors (Lipinski definition) is 3. The number of rotatable bonds is 4. The second kappa shape index (κ2) is 7.57. The molecule has 0 aliphatic heterocycles. The summed E-state index contributed by atoms with van der Waals surface area (Å²) in [6, 6.07) is 17.0. The van der Waals surface area contributed by atoms with E-state index in [1.165, 1.54) is 11.3 Å². The molecule has 4 N–H and O–H groups in total. The van der Waals surface area contributed by atoms with Gasteiger partial charge in [-0.25, -0.2) is 4.98 Å². The van der Waals surface area contributed by atoms with Gasteiger partial charge in [0.1, 0.15) is 10.8 Å². The van der Waals surface area contributed by atoms with Crippen molar-refractivity contribution in [3.05, 3.63) is 82.7 Å². The number of H-pyrrole nitrogens is 2. The zero-order valence-electron chi connectivity index (χ0n) is 17.1. The Balaban J connectivity index is 1.64. The molecule has 3 aromatic heterocycles. The van der Waals surface area contributed by atoms with Gasteiger partial charge in [0.2, 0.25) is 0 Å². The van der Waals surface area contributed by atoms with E-state index in [1.54, 1.807) is 24.5 Å². The first-order chi connectivity index (χ1) is 16.2. The first-order valence-corrected chi connectivity index (χ1v) is 11.0. The minimum atomic E-state index is -0.387. The van der Waals surface area contributed by atoms with E-state index in [4.69, 9.17) is 10.5 Å². The maximum absolute atomic E-state index is 13.2. The van der Waals surface area contributed by atoms with Crippen LogP contribution in [-0.2, 0) is 0 Å². The maximum Gasteiger partial charge on any atom is 0.302 e. The van der Waals surface area contributed by atoms with Crippen LogP contribution in [-0.4, -0.2) is 25.1 Å². The lowest BCUT2D eigenvalue weighted by atomic mass is 9.95. The first kappa shape index (κ1) is 19.2. The molecule has 8 nitrogen and oxygen atoms in total. The molecule has 0 atom stereocenters. The molecule has 0 amide bonds. The van der Waals surface area contributed by atoms with E-state index in [2.05, 4.69) is 25.1 Å². The van der Waals surface area contributed by atoms with Gasteiger partial charge >= 0.3 is 6.01 Å². The average Bonchev–Trinajstić information content (AvgIpc) is 3.52. The molecule has 0 saturated heterocycles. The summed E-state index contributed by atoms with van der Waals surface area (Å²) in [6.07, 6.45) is 3.46. The third-order valence-corrected chi connectivity index (χ3v) is 6.20. The molecule has 3 aromatic carbocycles. The Bertz CT molecular complexity index is 1670. The van der Waals surface area contributed by atoms with Gasteiger partial charge in [0.05, 0.1) is 28.3 Å². The number of thiazole rings is 1. The van der Waals surface area contributed by atoms with E-state index in [-0.39, 0.29) is 11.6 Å². The Labute approximate surface area is 190 Å². The average molecular weight is 452 g/mol. The molecule has 0 spiro atoms. The summed E-state index contributed by atoms with van der Waals surface area (Å²) in [5, 5.41) is 10.9. The van der Waals surface area contributed by atoms with Crippen LogP contribution in [0.2, 0.25) is 0 Å². The quantitative estimate of drug-likeness (QED) is 0.325. The van der Waals surface area contributed by atoms with Crippen molar-refractivity contribution >= 4 is 38.8 Å². The van der Waals surface area contributed by atoms with Crippen LogP contribution >= 0.6 is 11.3 Å². The Morgan fingerprint density at radius 3 is 2.70 bits per heavy atom. The van der Waals surface area contributed by atoms with Crippen LogP contribution in [0.3, 0.4) is 0 Å². The van der Waals surface area contributed by atoms with E-state index in [0.717, 1.165) is 21.5 Å². The minimum Gasteiger partial charge on any atom is -0.426 e. The van der Waals surface area contributed by atoms with Gasteiger partial charge in [-0.1, -0.05) is 30.3 Å². The summed E-state index contributed by atoms with van der Waals surface area (Å²) in [5.41, 5.74) is 10.1. The number of para-hydroxylation sites is 1. The van der Waals surface area contributed by atoms with Crippen molar-refractivity contribution < 1.29 is 4.74 Å². The lowest BCUT2D eigenvalue weighted by Gasteiger charge is -2.14. The lowest BCUT2D eigenvalue weighted by Crippen LogP contribution is -2.13. The van der Waals surface area contributed by atoms with Crippen LogP contribution in [0.5, 0.6) is 11.8 Å². The number of nitrogens with zero attached hydrogens (tertiary/aromatic N) is 3. The number of anilines is 1. The highest BCUT2D eigenvalue weighted by molar-refractivity contribution is 7.13. The van der Waals surface area contributed by atoms with Crippen LogP contribution in [0.4, 0.5) is 5.69 Å². The standard InChI is InChI=1S/C24H16N6O2S/c25-20-15(14-7-4-8-18-17(14)12-27-30-18)11-16(23-26-9-10-33-23)21-19(20)22(31)29-24(28-21)32-13-5-2-1-3-6-13/h1-12H,25H2,(H,27,30)(H,28,29,31). The molecule has 33 heavy (non-hydrogen) atoms. The predicted octanol–water partition coefficient (Wildman–Crippen LogP) is 4.96. The first-order valence-electron chi connectivity index (χ1n) is 10.1. The molecule has 6 aromatic rings. The number of ether oxygens (including phenoxy) is 1. The molecule has 6 rings (SSSR count). The molecule has 0 fully saturated rings. The minimum absolute atomic E-state index is 0.0839. The van der Waals surface area contributed by atoms with Gasteiger partial charge < -0.3 is 10.5 Å². The summed E-state index contributed by atoms with van der Waals surface area (Å²) in [4.78, 5) is 25.0. The normalized spacial score (nSPS) is 11.3. The molecular formula is C24H16N6O2S. The van der Waals surface area contributed by atoms with Crippen molar-refractivity contribution in [1.29, 1.82) is 0 Å². The topological polar surface area (TPSA) is 123 Å². The van der Waals surface area contributed by atoms with E-state index in [0.29, 0.717) is 33.5 Å². The lowest BCUT2D eigenvalue weighted by molar-refractivity contribution is 0.443. The number of nitrogen functional groups attached to an aromatic ring is 1. The number of aromatic nitrogens is 5. The number of nitrogens with two attached hydrogens (primary N) is 1. The molecule has 9 heteroatoms. The summed E-state index contributed by atoms with van der Waals surface area (Å²) >= 11 is 1.46. The molecule has 0 bridgehead atoms. The molecule has 0 unspecified atom stereocenters. The number of hydrogen-bond acceptors (Lipinski definition) is 7. The molecule has 0 aliphatic carbocycles. The van der Waals surface area contributed by atoms with Crippen LogP contribution in [0.25, 0.3) is 43.5 Å². The fraction of sp³-hybridized carbons (Fsp3) is 0. The van der Waals surface area contributed by atoms with Crippen molar-refractivity contribution in [2.24, 2.45) is 0 Å². The van der Waals surface area contributed by atoms with Crippen molar-refractivity contribution in [3.63, 3.8) is 0 Å². The van der Waals surface area contributed by atoms with Gasteiger partial charge in [0.15, 0.2) is 0 Å². The molecule has 0 radical (unpaired) electrons. The van der Waals surface area contributed by atoms with E-state index >= 15 is 0 Å². The largest absolute Gasteiger partial charge is 0.426 e. The van der Waals surface area contributed by atoms with E-state index in [1.807, 2.05) is 47.8 Å². The molecule has 160 valence electrons. The predicted molar refractivity (Wildman–Crippen MR) is 129 cm³/mol. The fourth-order valence-corrected chi connectivity index (χ4v) is 4.57. The second-order valence-electron chi connectivity index (χ2n) is 7.37. The van der Waals surface area contributed by atoms with Crippen molar-refractivity contribution in [2.75, 3.05) is 5.73 Å². The van der Waals surface area contributed by atoms with Gasteiger partial charge in [0.25, 0.3) is 5.56 Å². The van der Waals surface area contributed by atoms with Gasteiger partial charge in [-0.2, -0.15) is 10.1 Å². The van der Waals surface area contributed by atoms with Gasteiger partial charge in [-0.05, 0) is 29.8 Å². The maximum atomic E-state index is 13.2. The Morgan fingerprint density at radius 2 is 1.88 bits per heavy atom. The van der Waals surface area contributed by atoms with E-state index < -0.39 is 0 Å². The summed E-state index contributed by atoms with van der Waals surface area (Å²) in [6.45, 7) is 0. The van der Waals surface area contributed by atoms with Gasteiger partial charge in [0, 0.05) is 28.1 Å².